The van der Waals surface area contributed by atoms with Gasteiger partial charge in [-0.15, -0.1) is 13.2 Å². The van der Waals surface area contributed by atoms with E-state index in [0.29, 0.717) is 19.8 Å². The Bertz CT molecular complexity index is 318. The fourth-order valence-electron chi connectivity index (χ4n) is 0.803. The lowest BCUT2D eigenvalue weighted by molar-refractivity contribution is -0.154. The summed E-state index contributed by atoms with van der Waals surface area (Å²) in [6.07, 6.45) is 1.90. The first kappa shape index (κ1) is 26.7. The molecule has 23 heavy (non-hydrogen) atoms. The Morgan fingerprint density at radius 1 is 1.09 bits per heavy atom. The largest absolute Gasteiger partial charge is 0.464 e. The van der Waals surface area contributed by atoms with Crippen LogP contribution in [0.5, 0.6) is 0 Å². The number of ether oxygens (including phenoxy) is 3. The molecule has 0 aromatic heterocycles. The molecule has 6 nitrogen and oxygen atoms in total. The van der Waals surface area contributed by atoms with Crippen LogP contribution < -0.4 is 0 Å². The normalized spacial score (nSPS) is 11.4. The zero-order chi connectivity index (χ0) is 18.7. The number of esters is 2. The molecule has 0 heterocycles. The highest BCUT2D eigenvalue weighted by molar-refractivity contribution is 9.09. The number of hydrogen-bond acceptors (Lipinski definition) is 6. The zero-order valence-electron chi connectivity index (χ0n) is 14.4. The van der Waals surface area contributed by atoms with E-state index in [9.17, 15) is 9.59 Å². The second-order valence-corrected chi connectivity index (χ2v) is 4.53. The summed E-state index contributed by atoms with van der Waals surface area (Å²) in [5.74, 6) is -0.887. The Morgan fingerprint density at radius 2 is 1.52 bits per heavy atom. The van der Waals surface area contributed by atoms with Crippen LogP contribution in [0.1, 0.15) is 27.7 Å². The number of rotatable bonds is 8. The summed E-state index contributed by atoms with van der Waals surface area (Å²) >= 11 is 3.13. The first-order chi connectivity index (χ1) is 10.8. The molecule has 0 saturated heterocycles. The van der Waals surface area contributed by atoms with Crippen molar-refractivity contribution in [2.24, 2.45) is 0 Å². The van der Waals surface area contributed by atoms with Crippen molar-refractivity contribution in [1.82, 2.24) is 0 Å². The van der Waals surface area contributed by atoms with Gasteiger partial charge in [0, 0.05) is 5.33 Å². The van der Waals surface area contributed by atoms with E-state index in [0.717, 1.165) is 5.33 Å². The number of carbonyl (C=O) groups excluding carboxylic acids is 2. The van der Waals surface area contributed by atoms with E-state index in [1.54, 1.807) is 32.9 Å². The lowest BCUT2D eigenvalue weighted by Gasteiger charge is -2.09. The van der Waals surface area contributed by atoms with Crippen LogP contribution in [0.25, 0.3) is 0 Å². The molecule has 0 unspecified atom stereocenters. The van der Waals surface area contributed by atoms with Gasteiger partial charge in [0.2, 0.25) is 0 Å². The Hall–Kier alpha value is -1.18. The number of allylic oxidation sites excluding steroid dienone is 1. The van der Waals surface area contributed by atoms with Crippen molar-refractivity contribution in [3.63, 3.8) is 0 Å². The van der Waals surface area contributed by atoms with Gasteiger partial charge in [0.1, 0.15) is 6.10 Å². The van der Waals surface area contributed by atoms with Gasteiger partial charge in [-0.2, -0.15) is 0 Å². The van der Waals surface area contributed by atoms with Gasteiger partial charge in [-0.25, -0.2) is 9.59 Å². The molecule has 0 amide bonds. The number of alkyl halides is 1. The summed E-state index contributed by atoms with van der Waals surface area (Å²) < 4.78 is 14.1. The Labute approximate surface area is 147 Å². The van der Waals surface area contributed by atoms with Gasteiger partial charge in [-0.05, 0) is 27.7 Å². The maximum Gasteiger partial charge on any atom is 0.334 e. The van der Waals surface area contributed by atoms with Crippen LogP contribution in [0.15, 0.2) is 25.3 Å². The molecule has 0 bridgehead atoms. The molecule has 0 aliphatic heterocycles. The smallest absolute Gasteiger partial charge is 0.334 e. The Kier molecular flexibility index (Phi) is 24.2. The average Bonchev–Trinajstić information content (AvgIpc) is 2.53. The average molecular weight is 397 g/mol. The summed E-state index contributed by atoms with van der Waals surface area (Å²) in [4.78, 5) is 21.1. The van der Waals surface area contributed by atoms with E-state index < -0.39 is 18.2 Å². The summed E-state index contributed by atoms with van der Waals surface area (Å²) in [6.45, 7) is 14.5. The van der Waals surface area contributed by atoms with E-state index in [1.807, 2.05) is 0 Å². The molecule has 7 heteroatoms. The van der Waals surface area contributed by atoms with Gasteiger partial charge in [-0.1, -0.05) is 28.1 Å². The Morgan fingerprint density at radius 3 is 1.78 bits per heavy atom. The predicted octanol–water partition coefficient (Wildman–Crippen LogP) is 2.64. The van der Waals surface area contributed by atoms with Crippen molar-refractivity contribution < 1.29 is 28.9 Å². The maximum atomic E-state index is 10.9. The molecule has 136 valence electrons. The number of carbonyl (C=O) groups is 2. The molecule has 0 radical (unpaired) electrons. The van der Waals surface area contributed by atoms with Gasteiger partial charge in [0.15, 0.2) is 6.10 Å². The fourth-order valence-corrected chi connectivity index (χ4v) is 0.803. The SMILES string of the molecule is C=CCBr.C=CCO[C@@H](C)C(=O)OCC.CCOC(=O)[C@H](C)O. The lowest BCUT2D eigenvalue weighted by Crippen LogP contribution is -2.23. The molecule has 0 spiro atoms. The van der Waals surface area contributed by atoms with Crippen LogP contribution >= 0.6 is 15.9 Å². The fraction of sp³-hybridized carbons (Fsp3) is 0.625. The van der Waals surface area contributed by atoms with E-state index in [2.05, 4.69) is 33.8 Å². The van der Waals surface area contributed by atoms with Crippen LogP contribution in [0, 0.1) is 0 Å². The molecule has 0 saturated carbocycles. The van der Waals surface area contributed by atoms with E-state index in [-0.39, 0.29) is 5.97 Å². The van der Waals surface area contributed by atoms with Crippen molar-refractivity contribution in [2.75, 3.05) is 25.2 Å². The van der Waals surface area contributed by atoms with Crippen molar-refractivity contribution in [1.29, 1.82) is 0 Å². The minimum Gasteiger partial charge on any atom is -0.464 e. The van der Waals surface area contributed by atoms with Crippen LogP contribution in [-0.2, 0) is 23.8 Å². The van der Waals surface area contributed by atoms with Gasteiger partial charge in [-0.3, -0.25) is 0 Å². The highest BCUT2D eigenvalue weighted by Crippen LogP contribution is 1.94. The summed E-state index contributed by atoms with van der Waals surface area (Å²) in [6, 6.07) is 0. The molecular formula is C16H29BrO6. The third-order valence-corrected chi connectivity index (χ3v) is 2.28. The topological polar surface area (TPSA) is 82.1 Å². The number of aliphatic hydroxyl groups excluding tert-OH is 1. The van der Waals surface area contributed by atoms with E-state index in [1.165, 1.54) is 6.92 Å². The molecule has 0 aliphatic rings. The minimum absolute atomic E-state index is 0.323. The Balaban J connectivity index is -0.000000292. The van der Waals surface area contributed by atoms with Crippen molar-refractivity contribution >= 4 is 27.9 Å². The molecule has 0 aromatic rings. The van der Waals surface area contributed by atoms with Crippen molar-refractivity contribution in [2.45, 2.75) is 39.9 Å². The lowest BCUT2D eigenvalue weighted by atomic mass is 10.4. The van der Waals surface area contributed by atoms with Gasteiger partial charge < -0.3 is 19.3 Å². The van der Waals surface area contributed by atoms with Crippen LogP contribution in [-0.4, -0.2) is 54.4 Å². The number of hydrogen-bond donors (Lipinski definition) is 1. The van der Waals surface area contributed by atoms with Crippen molar-refractivity contribution in [3.8, 4) is 0 Å². The van der Waals surface area contributed by atoms with Gasteiger partial charge in [0.05, 0.1) is 19.8 Å². The molecule has 2 atom stereocenters. The third kappa shape index (κ3) is 23.2. The van der Waals surface area contributed by atoms with Gasteiger partial charge >= 0.3 is 11.9 Å². The number of halogens is 1. The molecule has 0 fully saturated rings. The van der Waals surface area contributed by atoms with Gasteiger partial charge in [0.25, 0.3) is 0 Å². The van der Waals surface area contributed by atoms with Crippen molar-refractivity contribution in [3.05, 3.63) is 25.3 Å². The van der Waals surface area contributed by atoms with Crippen LogP contribution in [0.4, 0.5) is 0 Å². The quantitative estimate of drug-likeness (QED) is 0.385. The molecule has 0 aromatic carbocycles. The predicted molar refractivity (Wildman–Crippen MR) is 94.5 cm³/mol. The second kappa shape index (κ2) is 20.8. The molecule has 0 rings (SSSR count). The van der Waals surface area contributed by atoms with E-state index >= 15 is 0 Å². The summed E-state index contributed by atoms with van der Waals surface area (Å²) in [5.41, 5.74) is 0. The molecular weight excluding hydrogens is 368 g/mol. The minimum atomic E-state index is -0.991. The van der Waals surface area contributed by atoms with E-state index in [4.69, 9.17) is 14.6 Å². The van der Waals surface area contributed by atoms with Crippen LogP contribution in [0.3, 0.4) is 0 Å². The first-order valence-corrected chi connectivity index (χ1v) is 8.34. The second-order valence-electron chi connectivity index (χ2n) is 3.89. The maximum absolute atomic E-state index is 10.9. The zero-order valence-corrected chi connectivity index (χ0v) is 16.0. The monoisotopic (exact) mass is 396 g/mol. The van der Waals surface area contributed by atoms with Crippen LogP contribution in [0.2, 0.25) is 0 Å². The molecule has 1 N–H and O–H groups in total. The summed E-state index contributed by atoms with van der Waals surface area (Å²) in [7, 11) is 0. The highest BCUT2D eigenvalue weighted by Gasteiger charge is 2.12. The molecule has 0 aliphatic carbocycles. The standard InChI is InChI=1S/C8H14O3.C5H10O3.C3H5Br/c1-4-6-11-7(3)8(9)10-5-2;1-3-8-5(7)4(2)6;1-2-3-4/h4,7H,1,5-6H2,2-3H3;4,6H,3H2,1-2H3;2H,1,3H2/t7-;4-;/m00./s1. The highest BCUT2D eigenvalue weighted by atomic mass is 79.9. The first-order valence-electron chi connectivity index (χ1n) is 7.22. The third-order valence-electron chi connectivity index (χ3n) is 1.82. The summed E-state index contributed by atoms with van der Waals surface area (Å²) in [5, 5.41) is 9.37. The number of aliphatic hydroxyl groups is 1.